The lowest BCUT2D eigenvalue weighted by Gasteiger charge is -2.42. The summed E-state index contributed by atoms with van der Waals surface area (Å²) in [7, 11) is 0. The van der Waals surface area contributed by atoms with E-state index >= 15 is 0 Å². The molecule has 5 rings (SSSR count). The first kappa shape index (κ1) is 16.1. The Morgan fingerprint density at radius 1 is 0.963 bits per heavy atom. The molecule has 1 aliphatic carbocycles. The lowest BCUT2D eigenvalue weighted by atomic mass is 9.85. The van der Waals surface area contributed by atoms with Gasteiger partial charge in [0, 0.05) is 13.1 Å². The van der Waals surface area contributed by atoms with Gasteiger partial charge in [0.2, 0.25) is 11.8 Å². The van der Waals surface area contributed by atoms with Gasteiger partial charge < -0.3 is 4.90 Å². The Morgan fingerprint density at radius 3 is 2.26 bits per heavy atom. The minimum absolute atomic E-state index is 0.0862. The number of nitrogens with zero attached hydrogens (tertiary/aromatic N) is 4. The largest absolute Gasteiger partial charge is 0.333 e. The van der Waals surface area contributed by atoms with Crippen LogP contribution >= 0.6 is 0 Å². The summed E-state index contributed by atoms with van der Waals surface area (Å²) in [6.07, 6.45) is 6.70. The van der Waals surface area contributed by atoms with Crippen LogP contribution in [0.25, 0.3) is 11.0 Å². The minimum Gasteiger partial charge on any atom is -0.333 e. The molecule has 27 heavy (non-hydrogen) atoms. The first-order valence-electron chi connectivity index (χ1n) is 9.16. The minimum atomic E-state index is -0.229. The maximum Gasteiger partial charge on any atom is 0.274 e. The van der Waals surface area contributed by atoms with Gasteiger partial charge in [-0.2, -0.15) is 0 Å². The molecule has 2 aromatic rings. The van der Waals surface area contributed by atoms with Gasteiger partial charge in [-0.3, -0.25) is 24.3 Å². The van der Waals surface area contributed by atoms with Gasteiger partial charge in [0.15, 0.2) is 0 Å². The number of rotatable bonds is 2. The van der Waals surface area contributed by atoms with Gasteiger partial charge in [-0.25, -0.2) is 4.98 Å². The maximum absolute atomic E-state index is 12.7. The number of hydrogen-bond acceptors (Lipinski definition) is 5. The first-order valence-corrected chi connectivity index (χ1v) is 9.16. The summed E-state index contributed by atoms with van der Waals surface area (Å²) in [5.74, 6) is -0.839. The molecule has 0 bridgehead atoms. The van der Waals surface area contributed by atoms with Gasteiger partial charge in [-0.05, 0) is 25.0 Å². The van der Waals surface area contributed by atoms with E-state index in [0.717, 1.165) is 5.52 Å². The molecule has 3 aliphatic rings. The van der Waals surface area contributed by atoms with Gasteiger partial charge in [0.05, 0.1) is 35.1 Å². The van der Waals surface area contributed by atoms with E-state index < -0.39 is 0 Å². The molecular formula is C20H18N4O3. The zero-order valence-electron chi connectivity index (χ0n) is 14.6. The summed E-state index contributed by atoms with van der Waals surface area (Å²) in [6, 6.07) is 7.15. The van der Waals surface area contributed by atoms with Crippen molar-refractivity contribution in [3.05, 3.63) is 48.3 Å². The Bertz CT molecular complexity index is 970. The lowest BCUT2D eigenvalue weighted by molar-refractivity contribution is -0.145. The molecule has 0 spiro atoms. The summed E-state index contributed by atoms with van der Waals surface area (Å²) in [4.78, 5) is 49.6. The van der Waals surface area contributed by atoms with Crippen LogP contribution in [0.3, 0.4) is 0 Å². The van der Waals surface area contributed by atoms with E-state index in [1.165, 1.54) is 11.1 Å². The lowest BCUT2D eigenvalue weighted by Crippen LogP contribution is -2.62. The summed E-state index contributed by atoms with van der Waals surface area (Å²) in [6.45, 7) is 0.718. The van der Waals surface area contributed by atoms with Crippen molar-refractivity contribution in [2.75, 3.05) is 13.1 Å². The molecule has 2 aliphatic heterocycles. The summed E-state index contributed by atoms with van der Waals surface area (Å²) in [5.41, 5.74) is 1.69. The van der Waals surface area contributed by atoms with Crippen molar-refractivity contribution in [2.24, 2.45) is 11.8 Å². The third kappa shape index (κ3) is 2.45. The Balaban J connectivity index is 1.29. The van der Waals surface area contributed by atoms with Crippen molar-refractivity contribution in [1.29, 1.82) is 0 Å². The van der Waals surface area contributed by atoms with Crippen LogP contribution in [0.5, 0.6) is 0 Å². The quantitative estimate of drug-likeness (QED) is 0.596. The molecule has 0 N–H and O–H groups in total. The number of amides is 3. The fraction of sp³-hybridized carbons (Fsp3) is 0.350. The smallest absolute Gasteiger partial charge is 0.274 e. The van der Waals surface area contributed by atoms with Crippen LogP contribution in [0.1, 0.15) is 23.3 Å². The number of likely N-dealkylation sites (tertiary alicyclic amines) is 2. The number of hydrogen-bond donors (Lipinski definition) is 0. The van der Waals surface area contributed by atoms with Gasteiger partial charge in [-0.15, -0.1) is 0 Å². The molecule has 7 heteroatoms. The second kappa shape index (κ2) is 5.97. The third-order valence-corrected chi connectivity index (χ3v) is 5.72. The van der Waals surface area contributed by atoms with Crippen LogP contribution in [-0.4, -0.2) is 56.6 Å². The van der Waals surface area contributed by atoms with Gasteiger partial charge in [0.25, 0.3) is 5.91 Å². The molecule has 1 aromatic carbocycles. The van der Waals surface area contributed by atoms with E-state index in [9.17, 15) is 14.4 Å². The van der Waals surface area contributed by atoms with Crippen LogP contribution in [0.2, 0.25) is 0 Å². The van der Waals surface area contributed by atoms with Crippen molar-refractivity contribution in [3.8, 4) is 0 Å². The highest BCUT2D eigenvalue weighted by Gasteiger charge is 2.52. The van der Waals surface area contributed by atoms with E-state index in [-0.39, 0.29) is 41.3 Å². The van der Waals surface area contributed by atoms with E-state index in [1.807, 2.05) is 36.4 Å². The van der Waals surface area contributed by atoms with Crippen molar-refractivity contribution >= 4 is 28.8 Å². The van der Waals surface area contributed by atoms with E-state index in [2.05, 4.69) is 9.97 Å². The Labute approximate surface area is 155 Å². The zero-order valence-corrected chi connectivity index (χ0v) is 14.6. The monoisotopic (exact) mass is 362 g/mol. The molecule has 3 amide bonds. The average Bonchev–Trinajstić information content (AvgIpc) is 2.92. The Hall–Kier alpha value is -3.09. The molecule has 2 atom stereocenters. The molecule has 136 valence electrons. The standard InChI is InChI=1S/C20H18N4O3/c25-18-13-5-1-2-6-14(13)19(26)24(18)12-10-23(11-12)20(27)17-9-21-15-7-3-4-8-16(15)22-17/h1-4,7-9,12-14H,5-6,10-11H2/t13-,14+. The number of para-hydroxylation sites is 2. The number of benzene rings is 1. The first-order chi connectivity index (χ1) is 13.1. The number of fused-ring (bicyclic) bond motifs is 2. The van der Waals surface area contributed by atoms with E-state index in [0.29, 0.717) is 31.4 Å². The van der Waals surface area contributed by atoms with E-state index in [1.54, 1.807) is 4.90 Å². The van der Waals surface area contributed by atoms with Crippen molar-refractivity contribution in [2.45, 2.75) is 18.9 Å². The molecule has 1 aromatic heterocycles. The number of carbonyl (C=O) groups excluding carboxylic acids is 3. The number of aromatic nitrogens is 2. The summed E-state index contributed by atoms with van der Waals surface area (Å²) in [5, 5.41) is 0. The van der Waals surface area contributed by atoms with Gasteiger partial charge in [0.1, 0.15) is 5.69 Å². The van der Waals surface area contributed by atoms with Gasteiger partial charge in [-0.1, -0.05) is 24.3 Å². The third-order valence-electron chi connectivity index (χ3n) is 5.72. The highest BCUT2D eigenvalue weighted by Crippen LogP contribution is 2.37. The number of allylic oxidation sites excluding steroid dienone is 2. The molecule has 3 heterocycles. The topological polar surface area (TPSA) is 83.5 Å². The summed E-state index contributed by atoms with van der Waals surface area (Å²) < 4.78 is 0. The molecule has 0 unspecified atom stereocenters. The Kier molecular flexibility index (Phi) is 3.56. The van der Waals surface area contributed by atoms with Crippen LogP contribution in [0.4, 0.5) is 0 Å². The van der Waals surface area contributed by atoms with Crippen LogP contribution in [-0.2, 0) is 9.59 Å². The average molecular weight is 362 g/mol. The summed E-state index contributed by atoms with van der Waals surface area (Å²) >= 11 is 0. The predicted octanol–water partition coefficient (Wildman–Crippen LogP) is 1.41. The van der Waals surface area contributed by atoms with Crippen LogP contribution in [0, 0.1) is 11.8 Å². The second-order valence-electron chi connectivity index (χ2n) is 7.31. The van der Waals surface area contributed by atoms with Gasteiger partial charge >= 0.3 is 0 Å². The molecule has 2 fully saturated rings. The number of imide groups is 1. The van der Waals surface area contributed by atoms with E-state index in [4.69, 9.17) is 0 Å². The maximum atomic E-state index is 12.7. The fourth-order valence-electron chi connectivity index (χ4n) is 4.19. The number of carbonyl (C=O) groups is 3. The van der Waals surface area contributed by atoms with Crippen molar-refractivity contribution in [3.63, 3.8) is 0 Å². The molecular weight excluding hydrogens is 344 g/mol. The molecule has 0 saturated carbocycles. The predicted molar refractivity (Wildman–Crippen MR) is 96.4 cm³/mol. The Morgan fingerprint density at radius 2 is 1.59 bits per heavy atom. The highest BCUT2D eigenvalue weighted by atomic mass is 16.2. The van der Waals surface area contributed by atoms with Crippen molar-refractivity contribution < 1.29 is 14.4 Å². The molecule has 2 saturated heterocycles. The normalized spacial score (nSPS) is 25.0. The second-order valence-corrected chi connectivity index (χ2v) is 7.31. The fourth-order valence-corrected chi connectivity index (χ4v) is 4.19. The van der Waals surface area contributed by atoms with Crippen LogP contribution in [0.15, 0.2) is 42.6 Å². The zero-order chi connectivity index (χ0) is 18.5. The highest BCUT2D eigenvalue weighted by molar-refractivity contribution is 6.06. The van der Waals surface area contributed by atoms with Crippen molar-refractivity contribution in [1.82, 2.24) is 19.8 Å². The SMILES string of the molecule is O=C(c1cnc2ccccc2n1)N1CC(N2C(=O)[C@H]3CC=CC[C@H]3C2=O)C1. The molecule has 0 radical (unpaired) electrons. The molecule has 7 nitrogen and oxygen atoms in total. The van der Waals surface area contributed by atoms with Crippen LogP contribution < -0.4 is 0 Å².